The highest BCUT2D eigenvalue weighted by Gasteiger charge is 2.28. The average molecular weight is 364 g/mol. The molecule has 144 valence electrons. The van der Waals surface area contributed by atoms with Crippen LogP contribution in [-0.2, 0) is 0 Å². The smallest absolute Gasteiger partial charge is 0.0366 e. The molecule has 0 aliphatic carbocycles. The molecule has 4 rings (SSSR count). The summed E-state index contributed by atoms with van der Waals surface area (Å²) in [5, 5.41) is 0. The minimum atomic E-state index is 0.633. The Labute approximate surface area is 164 Å². The van der Waals surface area contributed by atoms with Gasteiger partial charge in [0.15, 0.2) is 0 Å². The zero-order chi connectivity index (χ0) is 18.6. The number of rotatable bonds is 6. The van der Waals surface area contributed by atoms with Crippen molar-refractivity contribution < 1.29 is 0 Å². The lowest BCUT2D eigenvalue weighted by Gasteiger charge is -2.41. The molecule has 2 aliphatic rings. The Kier molecular flexibility index (Phi) is 5.77. The average Bonchev–Trinajstić information content (AvgIpc) is 2.69. The second-order valence-corrected chi connectivity index (χ2v) is 8.57. The van der Waals surface area contributed by atoms with E-state index in [1.54, 1.807) is 0 Å². The molecule has 0 N–H and O–H groups in total. The van der Waals surface area contributed by atoms with E-state index in [9.17, 15) is 0 Å². The summed E-state index contributed by atoms with van der Waals surface area (Å²) in [5.41, 5.74) is 4.27. The maximum absolute atomic E-state index is 4.25. The second kappa shape index (κ2) is 8.43. The van der Waals surface area contributed by atoms with Crippen molar-refractivity contribution in [2.75, 3.05) is 37.6 Å². The van der Waals surface area contributed by atoms with Crippen LogP contribution in [-0.4, -0.2) is 42.6 Å². The van der Waals surface area contributed by atoms with Crippen LogP contribution in [0.25, 0.3) is 0 Å². The van der Waals surface area contributed by atoms with Crippen LogP contribution in [0.2, 0.25) is 0 Å². The van der Waals surface area contributed by atoms with Gasteiger partial charge in [0.25, 0.3) is 0 Å². The molecule has 27 heavy (non-hydrogen) atoms. The Bertz CT molecular complexity index is 698. The number of piperidine rings is 1. The van der Waals surface area contributed by atoms with Gasteiger partial charge in [-0.25, -0.2) is 0 Å². The number of pyridine rings is 1. The van der Waals surface area contributed by atoms with Gasteiger partial charge in [0.1, 0.15) is 0 Å². The predicted molar refractivity (Wildman–Crippen MR) is 114 cm³/mol. The maximum Gasteiger partial charge on any atom is 0.0366 e. The number of hydrogen-bond acceptors (Lipinski definition) is 3. The molecule has 0 spiro atoms. The van der Waals surface area contributed by atoms with Crippen LogP contribution in [0.3, 0.4) is 0 Å². The van der Waals surface area contributed by atoms with Crippen LogP contribution in [0.4, 0.5) is 5.69 Å². The van der Waals surface area contributed by atoms with Crippen molar-refractivity contribution in [1.82, 2.24) is 9.88 Å². The van der Waals surface area contributed by atoms with Crippen molar-refractivity contribution >= 4 is 5.69 Å². The summed E-state index contributed by atoms with van der Waals surface area (Å²) in [5.74, 6) is 2.20. The molecule has 0 radical (unpaired) electrons. The van der Waals surface area contributed by atoms with Crippen LogP contribution in [0, 0.1) is 5.92 Å². The first kappa shape index (κ1) is 18.5. The first-order valence-electron chi connectivity index (χ1n) is 10.7. The quantitative estimate of drug-likeness (QED) is 0.727. The van der Waals surface area contributed by atoms with E-state index in [0.29, 0.717) is 5.92 Å². The number of nitrogens with zero attached hydrogens (tertiary/aromatic N) is 3. The summed E-state index contributed by atoms with van der Waals surface area (Å²) >= 11 is 0. The van der Waals surface area contributed by atoms with E-state index in [0.717, 1.165) is 24.9 Å². The molecular formula is C24H33N3. The van der Waals surface area contributed by atoms with Crippen molar-refractivity contribution in [2.24, 2.45) is 5.92 Å². The van der Waals surface area contributed by atoms with Crippen molar-refractivity contribution in [1.29, 1.82) is 0 Å². The highest BCUT2D eigenvalue weighted by molar-refractivity contribution is 5.52. The zero-order valence-corrected chi connectivity index (χ0v) is 16.8. The van der Waals surface area contributed by atoms with E-state index in [-0.39, 0.29) is 0 Å². The molecule has 1 unspecified atom stereocenters. The van der Waals surface area contributed by atoms with Gasteiger partial charge in [0.2, 0.25) is 0 Å². The molecule has 2 aliphatic heterocycles. The minimum Gasteiger partial charge on any atom is -0.370 e. The predicted octanol–water partition coefficient (Wildman–Crippen LogP) is 4.91. The molecule has 3 heterocycles. The standard InChI is InChI=1S/C24H33N3/c1-3-19(2)16-26-13-10-21(11-14-26)20-6-8-24(9-7-20)27-17-23(18-27)22-5-4-12-25-15-22/h4-9,12,15,19,21,23H,3,10-11,13-14,16-18H2,1-2H3. The summed E-state index contributed by atoms with van der Waals surface area (Å²) in [7, 11) is 0. The Morgan fingerprint density at radius 3 is 2.37 bits per heavy atom. The molecule has 1 aromatic carbocycles. The van der Waals surface area contributed by atoms with Gasteiger partial charge in [0, 0.05) is 43.6 Å². The molecule has 1 aromatic heterocycles. The lowest BCUT2D eigenvalue weighted by atomic mass is 9.88. The lowest BCUT2D eigenvalue weighted by Crippen LogP contribution is -2.45. The topological polar surface area (TPSA) is 19.4 Å². The second-order valence-electron chi connectivity index (χ2n) is 8.57. The molecule has 2 saturated heterocycles. The Morgan fingerprint density at radius 1 is 1.00 bits per heavy atom. The Balaban J connectivity index is 1.28. The normalized spacial score (nSPS) is 20.4. The van der Waals surface area contributed by atoms with Gasteiger partial charge < -0.3 is 9.80 Å². The monoisotopic (exact) mass is 363 g/mol. The minimum absolute atomic E-state index is 0.633. The summed E-state index contributed by atoms with van der Waals surface area (Å²) in [6.07, 6.45) is 7.77. The lowest BCUT2D eigenvalue weighted by molar-refractivity contribution is 0.186. The van der Waals surface area contributed by atoms with Crippen LogP contribution >= 0.6 is 0 Å². The van der Waals surface area contributed by atoms with Gasteiger partial charge in [-0.15, -0.1) is 0 Å². The number of likely N-dealkylation sites (tertiary alicyclic amines) is 1. The van der Waals surface area contributed by atoms with Crippen molar-refractivity contribution in [3.63, 3.8) is 0 Å². The molecule has 2 fully saturated rings. The Hall–Kier alpha value is -1.87. The first-order valence-corrected chi connectivity index (χ1v) is 10.7. The molecule has 0 bridgehead atoms. The van der Waals surface area contributed by atoms with Crippen LogP contribution in [0.15, 0.2) is 48.8 Å². The molecule has 3 nitrogen and oxygen atoms in total. The highest BCUT2D eigenvalue weighted by Crippen LogP contribution is 2.34. The van der Waals surface area contributed by atoms with E-state index in [2.05, 4.69) is 59.0 Å². The van der Waals surface area contributed by atoms with E-state index in [4.69, 9.17) is 0 Å². The largest absolute Gasteiger partial charge is 0.370 e. The SMILES string of the molecule is CCC(C)CN1CCC(c2ccc(N3CC(c4cccnc4)C3)cc2)CC1. The summed E-state index contributed by atoms with van der Waals surface area (Å²) in [6, 6.07) is 13.7. The van der Waals surface area contributed by atoms with Crippen LogP contribution < -0.4 is 4.90 Å². The fourth-order valence-electron chi connectivity index (χ4n) is 4.49. The van der Waals surface area contributed by atoms with Gasteiger partial charge in [-0.05, 0) is 67.1 Å². The molecule has 0 saturated carbocycles. The molecule has 1 atom stereocenters. The van der Waals surface area contributed by atoms with Crippen molar-refractivity contribution in [2.45, 2.75) is 44.9 Å². The number of anilines is 1. The third-order valence-electron chi connectivity index (χ3n) is 6.62. The summed E-state index contributed by atoms with van der Waals surface area (Å²) in [6.45, 7) is 10.7. The Morgan fingerprint density at radius 2 is 1.74 bits per heavy atom. The molecular weight excluding hydrogens is 330 g/mol. The highest BCUT2D eigenvalue weighted by atomic mass is 15.2. The molecule has 3 heteroatoms. The van der Waals surface area contributed by atoms with Gasteiger partial charge in [-0.1, -0.05) is 38.5 Å². The van der Waals surface area contributed by atoms with Gasteiger partial charge in [-0.2, -0.15) is 0 Å². The van der Waals surface area contributed by atoms with E-state index in [1.165, 1.54) is 55.7 Å². The molecule has 0 amide bonds. The number of hydrogen-bond donors (Lipinski definition) is 0. The van der Waals surface area contributed by atoms with Gasteiger partial charge in [-0.3, -0.25) is 4.98 Å². The fourth-order valence-corrected chi connectivity index (χ4v) is 4.49. The van der Waals surface area contributed by atoms with Gasteiger partial charge in [0.05, 0.1) is 0 Å². The van der Waals surface area contributed by atoms with Crippen LogP contribution in [0.5, 0.6) is 0 Å². The summed E-state index contributed by atoms with van der Waals surface area (Å²) in [4.78, 5) is 9.40. The van der Waals surface area contributed by atoms with Gasteiger partial charge >= 0.3 is 0 Å². The molecule has 2 aromatic rings. The van der Waals surface area contributed by atoms with Crippen molar-refractivity contribution in [3.8, 4) is 0 Å². The third kappa shape index (κ3) is 4.35. The van der Waals surface area contributed by atoms with E-state index in [1.807, 2.05) is 18.5 Å². The van der Waals surface area contributed by atoms with E-state index >= 15 is 0 Å². The van der Waals surface area contributed by atoms with Crippen molar-refractivity contribution in [3.05, 3.63) is 59.9 Å². The number of benzene rings is 1. The third-order valence-corrected chi connectivity index (χ3v) is 6.62. The first-order chi connectivity index (χ1) is 13.2. The fraction of sp³-hybridized carbons (Fsp3) is 0.542. The zero-order valence-electron chi connectivity index (χ0n) is 16.8. The van der Waals surface area contributed by atoms with E-state index < -0.39 is 0 Å². The maximum atomic E-state index is 4.25. The summed E-state index contributed by atoms with van der Waals surface area (Å²) < 4.78 is 0. The van der Waals surface area contributed by atoms with Crippen LogP contribution in [0.1, 0.15) is 56.1 Å². The number of aromatic nitrogens is 1.